The first-order chi connectivity index (χ1) is 9.66. The average Bonchev–Trinajstić information content (AvgIpc) is 2.96. The van der Waals surface area contributed by atoms with Gasteiger partial charge >= 0.3 is 5.97 Å². The Morgan fingerprint density at radius 2 is 2.25 bits per heavy atom. The van der Waals surface area contributed by atoms with Gasteiger partial charge < -0.3 is 20.1 Å². The van der Waals surface area contributed by atoms with Crippen LogP contribution in [0.2, 0.25) is 0 Å². The van der Waals surface area contributed by atoms with Crippen LogP contribution in [-0.4, -0.2) is 48.1 Å². The molecule has 20 heavy (non-hydrogen) atoms. The fourth-order valence-electron chi connectivity index (χ4n) is 2.66. The maximum Gasteiger partial charge on any atom is 0.308 e. The van der Waals surface area contributed by atoms with Crippen LogP contribution in [0.3, 0.4) is 0 Å². The second-order valence-corrected chi connectivity index (χ2v) is 5.03. The van der Waals surface area contributed by atoms with Crippen LogP contribution in [0, 0.1) is 5.92 Å². The van der Waals surface area contributed by atoms with Gasteiger partial charge in [-0.3, -0.25) is 9.59 Å². The molecule has 0 aromatic heterocycles. The number of carbonyl (C=O) groups is 2. The number of hydrogen-bond donors (Lipinski definition) is 2. The monoisotopic (exact) mass is 276 g/mol. The number of carboxylic acids is 1. The van der Waals surface area contributed by atoms with Crippen molar-refractivity contribution in [2.75, 3.05) is 31.6 Å². The summed E-state index contributed by atoms with van der Waals surface area (Å²) < 4.78 is 5.58. The molecule has 1 unspecified atom stereocenters. The van der Waals surface area contributed by atoms with Crippen LogP contribution < -0.4 is 10.1 Å². The number of nitrogens with zero attached hydrogens (tertiary/aromatic N) is 1. The number of fused-ring (bicyclic) bond motifs is 1. The average molecular weight is 276 g/mol. The van der Waals surface area contributed by atoms with E-state index < -0.39 is 11.9 Å². The number of para-hydroxylation sites is 1. The van der Waals surface area contributed by atoms with Crippen molar-refractivity contribution in [3.05, 3.63) is 23.8 Å². The summed E-state index contributed by atoms with van der Waals surface area (Å²) in [5, 5.41) is 12.2. The van der Waals surface area contributed by atoms with Crippen LogP contribution in [0.1, 0.15) is 16.8 Å². The molecule has 0 spiro atoms. The van der Waals surface area contributed by atoms with Crippen LogP contribution in [0.15, 0.2) is 18.2 Å². The van der Waals surface area contributed by atoms with E-state index in [-0.39, 0.29) is 12.5 Å². The molecule has 3 rings (SSSR count). The molecule has 0 saturated carbocycles. The van der Waals surface area contributed by atoms with Crippen molar-refractivity contribution in [1.29, 1.82) is 0 Å². The zero-order valence-corrected chi connectivity index (χ0v) is 11.0. The Balaban J connectivity index is 1.83. The number of anilines is 1. The van der Waals surface area contributed by atoms with Crippen LogP contribution in [-0.2, 0) is 4.79 Å². The zero-order chi connectivity index (χ0) is 14.1. The molecule has 6 nitrogen and oxygen atoms in total. The van der Waals surface area contributed by atoms with E-state index in [1.165, 1.54) is 0 Å². The number of rotatable bonds is 2. The number of nitrogens with one attached hydrogen (secondary N) is 1. The molecule has 6 heteroatoms. The molecule has 2 aliphatic rings. The molecule has 0 radical (unpaired) electrons. The summed E-state index contributed by atoms with van der Waals surface area (Å²) in [6.45, 7) is 1.99. The summed E-state index contributed by atoms with van der Waals surface area (Å²) in [4.78, 5) is 25.1. The summed E-state index contributed by atoms with van der Waals surface area (Å²) in [5.74, 6) is -0.886. The normalized spacial score (nSPS) is 20.8. The van der Waals surface area contributed by atoms with E-state index in [0.29, 0.717) is 30.9 Å². The summed E-state index contributed by atoms with van der Waals surface area (Å²) in [6, 6.07) is 5.40. The van der Waals surface area contributed by atoms with Gasteiger partial charge in [0.25, 0.3) is 5.91 Å². The Bertz CT molecular complexity index is 558. The van der Waals surface area contributed by atoms with Crippen molar-refractivity contribution in [3.8, 4) is 5.75 Å². The molecule has 2 N–H and O–H groups in total. The molecule has 2 heterocycles. The number of amides is 1. The minimum atomic E-state index is -0.840. The van der Waals surface area contributed by atoms with Gasteiger partial charge in [-0.1, -0.05) is 6.07 Å². The first kappa shape index (κ1) is 12.8. The second-order valence-electron chi connectivity index (χ2n) is 5.03. The fourth-order valence-corrected chi connectivity index (χ4v) is 2.66. The van der Waals surface area contributed by atoms with E-state index in [9.17, 15) is 9.59 Å². The lowest BCUT2D eigenvalue weighted by Gasteiger charge is -2.23. The smallest absolute Gasteiger partial charge is 0.308 e. The molecule has 2 aliphatic heterocycles. The number of carboxylic acid groups (broad SMARTS) is 1. The van der Waals surface area contributed by atoms with Gasteiger partial charge in [0.2, 0.25) is 0 Å². The molecule has 1 aromatic carbocycles. The lowest BCUT2D eigenvalue weighted by molar-refractivity contribution is -0.141. The molecular weight excluding hydrogens is 260 g/mol. The van der Waals surface area contributed by atoms with Gasteiger partial charge in [-0.25, -0.2) is 0 Å². The third-order valence-electron chi connectivity index (χ3n) is 3.73. The van der Waals surface area contributed by atoms with E-state index in [2.05, 4.69) is 5.32 Å². The van der Waals surface area contributed by atoms with Crippen molar-refractivity contribution < 1.29 is 19.4 Å². The lowest BCUT2D eigenvalue weighted by atomic mass is 10.1. The highest BCUT2D eigenvalue weighted by molar-refractivity contribution is 5.99. The highest BCUT2D eigenvalue weighted by Crippen LogP contribution is 2.33. The standard InChI is InChI=1S/C14H16N2O4/c17-13(16-6-4-9(8-16)14(18)19)10-2-1-3-11-12(10)20-7-5-15-11/h1-3,9,15H,4-8H2,(H,18,19). The third kappa shape index (κ3) is 2.17. The Hall–Kier alpha value is -2.24. The first-order valence-corrected chi connectivity index (χ1v) is 6.68. The Labute approximate surface area is 116 Å². The van der Waals surface area contributed by atoms with E-state index in [1.807, 2.05) is 6.07 Å². The minimum Gasteiger partial charge on any atom is -0.489 e. The summed E-state index contributed by atoms with van der Waals surface area (Å²) in [5.41, 5.74) is 1.32. The van der Waals surface area contributed by atoms with Crippen molar-refractivity contribution in [1.82, 2.24) is 4.90 Å². The zero-order valence-electron chi connectivity index (χ0n) is 11.0. The molecule has 1 aromatic rings. The van der Waals surface area contributed by atoms with E-state index in [4.69, 9.17) is 9.84 Å². The van der Waals surface area contributed by atoms with Crippen LogP contribution in [0.4, 0.5) is 5.69 Å². The van der Waals surface area contributed by atoms with E-state index in [0.717, 1.165) is 12.2 Å². The van der Waals surface area contributed by atoms with Gasteiger partial charge in [0.15, 0.2) is 5.75 Å². The van der Waals surface area contributed by atoms with Crippen LogP contribution in [0.25, 0.3) is 0 Å². The van der Waals surface area contributed by atoms with Crippen LogP contribution in [0.5, 0.6) is 5.75 Å². The minimum absolute atomic E-state index is 0.158. The summed E-state index contributed by atoms with van der Waals surface area (Å²) in [6.07, 6.45) is 0.509. The number of hydrogen-bond acceptors (Lipinski definition) is 4. The SMILES string of the molecule is O=C(O)C1CCN(C(=O)c2cccc3c2OCCN3)C1. The number of carbonyl (C=O) groups excluding carboxylic acids is 1. The molecule has 106 valence electrons. The van der Waals surface area contributed by atoms with Gasteiger partial charge in [0.05, 0.1) is 17.2 Å². The predicted molar refractivity (Wildman–Crippen MR) is 72.1 cm³/mol. The van der Waals surface area contributed by atoms with Gasteiger partial charge in [-0.2, -0.15) is 0 Å². The quantitative estimate of drug-likeness (QED) is 0.843. The number of likely N-dealkylation sites (tertiary alicyclic amines) is 1. The van der Waals surface area contributed by atoms with E-state index >= 15 is 0 Å². The fraction of sp³-hybridized carbons (Fsp3) is 0.429. The molecule has 0 bridgehead atoms. The maximum atomic E-state index is 12.5. The van der Waals surface area contributed by atoms with Crippen molar-refractivity contribution in [2.45, 2.75) is 6.42 Å². The van der Waals surface area contributed by atoms with Gasteiger partial charge in [0, 0.05) is 19.6 Å². The van der Waals surface area contributed by atoms with Crippen LogP contribution >= 0.6 is 0 Å². The Kier molecular flexibility index (Phi) is 3.22. The Morgan fingerprint density at radius 3 is 3.00 bits per heavy atom. The van der Waals surface area contributed by atoms with Gasteiger partial charge in [-0.15, -0.1) is 0 Å². The Morgan fingerprint density at radius 1 is 1.40 bits per heavy atom. The molecular formula is C14H16N2O4. The number of aliphatic carboxylic acids is 1. The molecule has 1 saturated heterocycles. The largest absolute Gasteiger partial charge is 0.489 e. The second kappa shape index (κ2) is 5.03. The molecule has 0 aliphatic carbocycles. The van der Waals surface area contributed by atoms with Gasteiger partial charge in [-0.05, 0) is 18.6 Å². The third-order valence-corrected chi connectivity index (χ3v) is 3.73. The topological polar surface area (TPSA) is 78.9 Å². The summed E-state index contributed by atoms with van der Waals surface area (Å²) in [7, 11) is 0. The van der Waals surface area contributed by atoms with E-state index in [1.54, 1.807) is 17.0 Å². The number of ether oxygens (including phenoxy) is 1. The van der Waals surface area contributed by atoms with Crippen molar-refractivity contribution >= 4 is 17.6 Å². The van der Waals surface area contributed by atoms with Gasteiger partial charge in [0.1, 0.15) is 6.61 Å². The highest BCUT2D eigenvalue weighted by Gasteiger charge is 2.33. The number of benzene rings is 1. The molecule has 1 fully saturated rings. The highest BCUT2D eigenvalue weighted by atomic mass is 16.5. The maximum absolute atomic E-state index is 12.5. The lowest BCUT2D eigenvalue weighted by Crippen LogP contribution is -2.31. The molecule has 1 amide bonds. The first-order valence-electron chi connectivity index (χ1n) is 6.68. The summed E-state index contributed by atoms with van der Waals surface area (Å²) >= 11 is 0. The predicted octanol–water partition coefficient (Wildman–Crippen LogP) is 1.04. The van der Waals surface area contributed by atoms with Crippen molar-refractivity contribution in [3.63, 3.8) is 0 Å². The molecule has 1 atom stereocenters. The van der Waals surface area contributed by atoms with Crippen molar-refractivity contribution in [2.24, 2.45) is 5.92 Å².